The molecule has 1 N–H and O–H groups in total. The van der Waals surface area contributed by atoms with Crippen molar-refractivity contribution in [2.24, 2.45) is 4.99 Å². The lowest BCUT2D eigenvalue weighted by Gasteiger charge is -2.36. The Morgan fingerprint density at radius 2 is 1.91 bits per heavy atom. The Morgan fingerprint density at radius 3 is 2.71 bits per heavy atom. The van der Waals surface area contributed by atoms with Crippen LogP contribution >= 0.6 is 11.3 Å². The summed E-state index contributed by atoms with van der Waals surface area (Å²) < 4.78 is 25.8. The van der Waals surface area contributed by atoms with Gasteiger partial charge in [-0.25, -0.2) is 14.4 Å². The van der Waals surface area contributed by atoms with E-state index < -0.39 is 6.10 Å². The minimum atomic E-state index is -0.550. The maximum absolute atomic E-state index is 13.1. The first-order chi connectivity index (χ1) is 16.5. The molecule has 180 valence electrons. The highest BCUT2D eigenvalue weighted by atomic mass is 32.1. The van der Waals surface area contributed by atoms with Crippen molar-refractivity contribution in [3.8, 4) is 5.75 Å². The number of hydrogen-bond acceptors (Lipinski definition) is 8. The molecule has 0 saturated carbocycles. The number of hydrogen-bond donors (Lipinski definition) is 1. The normalized spacial score (nSPS) is 20.3. The molecule has 1 saturated heterocycles. The smallest absolute Gasteiger partial charge is 0.216 e. The average Bonchev–Trinajstić information content (AvgIpc) is 3.44. The molecule has 0 aliphatic carbocycles. The predicted molar refractivity (Wildman–Crippen MR) is 131 cm³/mol. The molecule has 34 heavy (non-hydrogen) atoms. The number of piperazine rings is 1. The van der Waals surface area contributed by atoms with Crippen LogP contribution in [0.3, 0.4) is 0 Å². The molecule has 1 aromatic heterocycles. The summed E-state index contributed by atoms with van der Waals surface area (Å²) in [6, 6.07) is 12.2. The molecule has 2 aromatic carbocycles. The van der Waals surface area contributed by atoms with E-state index in [-0.39, 0.29) is 18.5 Å². The first kappa shape index (κ1) is 23.2. The van der Waals surface area contributed by atoms with Crippen LogP contribution in [-0.2, 0) is 4.74 Å². The third-order valence-electron chi connectivity index (χ3n) is 6.11. The third kappa shape index (κ3) is 5.72. The number of rotatable bonds is 8. The topological polar surface area (TPSA) is 70.4 Å². The maximum Gasteiger partial charge on any atom is 0.216 e. The number of aliphatic hydroxyl groups excluding tert-OH is 1. The number of halogens is 1. The molecule has 0 radical (unpaired) electrons. The van der Waals surface area contributed by atoms with Crippen LogP contribution in [0.15, 0.2) is 47.5 Å². The van der Waals surface area contributed by atoms with Crippen molar-refractivity contribution in [2.45, 2.75) is 19.1 Å². The van der Waals surface area contributed by atoms with Gasteiger partial charge in [0.05, 0.1) is 15.2 Å². The molecule has 0 unspecified atom stereocenters. The number of aromatic nitrogens is 1. The molecule has 2 atom stereocenters. The van der Waals surface area contributed by atoms with Crippen LogP contribution in [0.1, 0.15) is 10.6 Å². The molecule has 3 aromatic rings. The highest BCUT2D eigenvalue weighted by molar-refractivity contribution is 7.18. The summed E-state index contributed by atoms with van der Waals surface area (Å²) in [7, 11) is 0. The molecule has 2 aliphatic rings. The number of benzene rings is 2. The van der Waals surface area contributed by atoms with Crippen LogP contribution in [0.5, 0.6) is 5.75 Å². The van der Waals surface area contributed by atoms with Crippen molar-refractivity contribution in [1.82, 2.24) is 14.8 Å². The van der Waals surface area contributed by atoms with Crippen LogP contribution in [-0.4, -0.2) is 90.4 Å². The zero-order valence-electron chi connectivity index (χ0n) is 19.2. The molecule has 0 bridgehead atoms. The summed E-state index contributed by atoms with van der Waals surface area (Å²) in [5, 5.41) is 11.5. The number of aryl methyl sites for hydroxylation is 1. The molecule has 3 heterocycles. The molecular weight excluding hydrogens is 455 g/mol. The first-order valence-electron chi connectivity index (χ1n) is 11.6. The van der Waals surface area contributed by atoms with E-state index in [1.807, 2.05) is 25.1 Å². The minimum Gasteiger partial charge on any atom is -0.491 e. The largest absolute Gasteiger partial charge is 0.491 e. The van der Waals surface area contributed by atoms with Crippen molar-refractivity contribution in [1.29, 1.82) is 0 Å². The molecule has 0 spiro atoms. The molecular formula is C25H29FN4O3S. The summed E-state index contributed by atoms with van der Waals surface area (Å²) in [5.41, 5.74) is 1.75. The van der Waals surface area contributed by atoms with Crippen molar-refractivity contribution < 1.29 is 19.0 Å². The summed E-state index contributed by atoms with van der Waals surface area (Å²) in [6.45, 7) is 7.86. The zero-order chi connectivity index (χ0) is 23.5. The Kier molecular flexibility index (Phi) is 7.05. The summed E-state index contributed by atoms with van der Waals surface area (Å²) >= 11 is 1.66. The number of fused-ring (bicyclic) bond motifs is 1. The first-order valence-corrected chi connectivity index (χ1v) is 12.4. The quantitative estimate of drug-likeness (QED) is 0.530. The fraction of sp³-hybridized carbons (Fsp3) is 0.440. The van der Waals surface area contributed by atoms with Crippen LogP contribution < -0.4 is 4.74 Å². The minimum absolute atomic E-state index is 0.0874. The second-order valence-corrected chi connectivity index (χ2v) is 10.1. The SMILES string of the molecule is Cc1nc2cc(OC[C@H](O)CN3CCN(C[C@H]4COC(c5ccc(F)cc5)=N4)CC3)ccc2s1. The van der Waals surface area contributed by atoms with E-state index in [0.29, 0.717) is 19.0 Å². The lowest BCUT2D eigenvalue weighted by Crippen LogP contribution is -2.50. The average molecular weight is 485 g/mol. The Bertz CT molecular complexity index is 1140. The number of nitrogens with zero attached hydrogens (tertiary/aromatic N) is 4. The molecule has 5 rings (SSSR count). The summed E-state index contributed by atoms with van der Waals surface area (Å²) in [4.78, 5) is 13.8. The number of aliphatic hydroxyl groups is 1. The van der Waals surface area contributed by atoms with E-state index in [4.69, 9.17) is 9.47 Å². The van der Waals surface area contributed by atoms with E-state index in [1.165, 1.54) is 12.1 Å². The van der Waals surface area contributed by atoms with Gasteiger partial charge >= 0.3 is 0 Å². The van der Waals surface area contributed by atoms with Gasteiger partial charge in [0.15, 0.2) is 0 Å². The van der Waals surface area contributed by atoms with Crippen molar-refractivity contribution >= 4 is 27.5 Å². The number of thiazole rings is 1. The van der Waals surface area contributed by atoms with E-state index in [2.05, 4.69) is 19.8 Å². The molecule has 9 heteroatoms. The molecule has 2 aliphatic heterocycles. The van der Waals surface area contributed by atoms with Gasteiger partial charge in [0.1, 0.15) is 36.9 Å². The molecule has 0 amide bonds. The number of β-amino-alcohol motifs (C(OH)–C–C–N with tert-alkyl or cyclic N) is 1. The number of aliphatic imine (C=N–C) groups is 1. The summed E-state index contributed by atoms with van der Waals surface area (Å²) in [6.07, 6.45) is -0.550. The van der Waals surface area contributed by atoms with Crippen LogP contribution in [0.4, 0.5) is 4.39 Å². The monoisotopic (exact) mass is 484 g/mol. The fourth-order valence-electron chi connectivity index (χ4n) is 4.37. The van der Waals surface area contributed by atoms with Gasteiger partial charge in [-0.15, -0.1) is 11.3 Å². The van der Waals surface area contributed by atoms with Crippen LogP contribution in [0.2, 0.25) is 0 Å². The van der Waals surface area contributed by atoms with E-state index in [9.17, 15) is 9.50 Å². The maximum atomic E-state index is 13.1. The second kappa shape index (κ2) is 10.4. The Morgan fingerprint density at radius 1 is 1.15 bits per heavy atom. The van der Waals surface area contributed by atoms with Gasteiger partial charge in [0, 0.05) is 50.9 Å². The van der Waals surface area contributed by atoms with Gasteiger partial charge in [-0.05, 0) is 43.3 Å². The standard InChI is InChI=1S/C25H29FN4O3S/c1-17-27-23-12-22(6-7-24(23)34-17)32-16-21(31)14-30-10-8-29(9-11-30)13-20-15-33-25(28-20)18-2-4-19(26)5-3-18/h2-7,12,20-21,31H,8-11,13-16H2,1H3/t20-,21+/m0/s1. The fourth-order valence-corrected chi connectivity index (χ4v) is 5.17. The third-order valence-corrected chi connectivity index (χ3v) is 7.07. The lowest BCUT2D eigenvalue weighted by molar-refractivity contribution is 0.0446. The Labute approximate surface area is 202 Å². The Hall–Kier alpha value is -2.59. The van der Waals surface area contributed by atoms with E-state index in [0.717, 1.165) is 59.3 Å². The van der Waals surface area contributed by atoms with Crippen molar-refractivity contribution in [3.63, 3.8) is 0 Å². The van der Waals surface area contributed by atoms with Crippen molar-refractivity contribution in [2.75, 3.05) is 52.5 Å². The van der Waals surface area contributed by atoms with Gasteiger partial charge < -0.3 is 14.6 Å². The predicted octanol–water partition coefficient (Wildman–Crippen LogP) is 2.95. The highest BCUT2D eigenvalue weighted by Crippen LogP contribution is 2.25. The van der Waals surface area contributed by atoms with E-state index >= 15 is 0 Å². The second-order valence-electron chi connectivity index (χ2n) is 8.83. The van der Waals surface area contributed by atoms with Crippen LogP contribution in [0.25, 0.3) is 10.2 Å². The highest BCUT2D eigenvalue weighted by Gasteiger charge is 2.25. The van der Waals surface area contributed by atoms with Crippen LogP contribution in [0, 0.1) is 12.7 Å². The summed E-state index contributed by atoms with van der Waals surface area (Å²) in [5.74, 6) is 1.07. The molecule has 1 fully saturated rings. The van der Waals surface area contributed by atoms with Gasteiger partial charge in [-0.2, -0.15) is 0 Å². The zero-order valence-corrected chi connectivity index (χ0v) is 20.0. The van der Waals surface area contributed by atoms with Gasteiger partial charge in [-0.1, -0.05) is 0 Å². The number of ether oxygens (including phenoxy) is 2. The lowest BCUT2D eigenvalue weighted by atomic mass is 10.2. The van der Waals surface area contributed by atoms with Gasteiger partial charge in [-0.3, -0.25) is 9.80 Å². The Balaban J connectivity index is 1.04. The molecule has 7 nitrogen and oxygen atoms in total. The van der Waals surface area contributed by atoms with E-state index in [1.54, 1.807) is 23.5 Å². The van der Waals surface area contributed by atoms with Gasteiger partial charge in [0.2, 0.25) is 5.90 Å². The van der Waals surface area contributed by atoms with Gasteiger partial charge in [0.25, 0.3) is 0 Å². The van der Waals surface area contributed by atoms with Crippen molar-refractivity contribution in [3.05, 3.63) is 58.9 Å².